The number of phenols is 1. The summed E-state index contributed by atoms with van der Waals surface area (Å²) in [5.74, 6) is 0.202. The van der Waals surface area contributed by atoms with Crippen LogP contribution in [0.3, 0.4) is 0 Å². The molecule has 2 rings (SSSR count). The van der Waals surface area contributed by atoms with E-state index in [9.17, 15) is 9.90 Å². The third kappa shape index (κ3) is 4.60. The van der Waals surface area contributed by atoms with Crippen LogP contribution in [0.5, 0.6) is 11.5 Å². The van der Waals surface area contributed by atoms with Gasteiger partial charge in [-0.2, -0.15) is 5.10 Å². The number of aromatic hydroxyl groups is 1. The minimum Gasteiger partial charge on any atom is -0.504 e. The zero-order valence-corrected chi connectivity index (χ0v) is 13.5. The lowest BCUT2D eigenvalue weighted by Gasteiger charge is -2.03. The van der Waals surface area contributed by atoms with Gasteiger partial charge in [0.1, 0.15) is 0 Å². The fourth-order valence-corrected chi connectivity index (χ4v) is 2.04. The quantitative estimate of drug-likeness (QED) is 0.634. The maximum Gasteiger partial charge on any atom is 0.244 e. The van der Waals surface area contributed by atoms with Gasteiger partial charge in [0.2, 0.25) is 5.91 Å². The van der Waals surface area contributed by atoms with Crippen molar-refractivity contribution in [3.05, 3.63) is 58.1 Å². The number of ether oxygens (including phenoxy) is 1. The van der Waals surface area contributed by atoms with Gasteiger partial charge in [-0.3, -0.25) is 4.79 Å². The Morgan fingerprint density at radius 3 is 2.73 bits per heavy atom. The van der Waals surface area contributed by atoms with Gasteiger partial charge in [-0.05, 0) is 41.5 Å². The Kier molecular flexibility index (Phi) is 5.55. The van der Waals surface area contributed by atoms with Crippen molar-refractivity contribution in [1.29, 1.82) is 0 Å². The van der Waals surface area contributed by atoms with E-state index in [0.717, 1.165) is 10.0 Å². The number of hydrogen-bond acceptors (Lipinski definition) is 4. The molecule has 0 fully saturated rings. The van der Waals surface area contributed by atoms with Gasteiger partial charge in [-0.25, -0.2) is 5.43 Å². The van der Waals surface area contributed by atoms with E-state index in [1.807, 2.05) is 24.3 Å². The maximum absolute atomic E-state index is 11.8. The van der Waals surface area contributed by atoms with Crippen LogP contribution in [-0.2, 0) is 11.2 Å². The first-order chi connectivity index (χ1) is 10.6. The Balaban J connectivity index is 1.91. The summed E-state index contributed by atoms with van der Waals surface area (Å²) in [5.41, 5.74) is 4.07. The lowest BCUT2D eigenvalue weighted by molar-refractivity contribution is -0.120. The largest absolute Gasteiger partial charge is 0.504 e. The van der Waals surface area contributed by atoms with Crippen LogP contribution in [0, 0.1) is 0 Å². The number of amides is 1. The van der Waals surface area contributed by atoms with E-state index in [-0.39, 0.29) is 18.1 Å². The molecular formula is C16H15BrN2O3. The summed E-state index contributed by atoms with van der Waals surface area (Å²) in [5, 5.41) is 13.4. The van der Waals surface area contributed by atoms with Gasteiger partial charge in [0.15, 0.2) is 11.5 Å². The van der Waals surface area contributed by atoms with Gasteiger partial charge < -0.3 is 9.84 Å². The van der Waals surface area contributed by atoms with Crippen molar-refractivity contribution < 1.29 is 14.6 Å². The molecule has 0 aliphatic carbocycles. The van der Waals surface area contributed by atoms with Gasteiger partial charge in [-0.1, -0.05) is 28.1 Å². The van der Waals surface area contributed by atoms with E-state index in [2.05, 4.69) is 26.5 Å². The van der Waals surface area contributed by atoms with Crippen molar-refractivity contribution in [2.24, 2.45) is 5.10 Å². The van der Waals surface area contributed by atoms with Crippen molar-refractivity contribution in [1.82, 2.24) is 5.43 Å². The molecule has 0 bridgehead atoms. The van der Waals surface area contributed by atoms with Crippen molar-refractivity contribution in [2.75, 3.05) is 7.11 Å². The summed E-state index contributed by atoms with van der Waals surface area (Å²) in [6.45, 7) is 0. The normalized spacial score (nSPS) is 10.6. The number of halogens is 1. The number of hydrogen-bond donors (Lipinski definition) is 2. The molecule has 0 heterocycles. The summed E-state index contributed by atoms with van der Waals surface area (Å²) >= 11 is 3.34. The van der Waals surface area contributed by atoms with Crippen LogP contribution in [0.25, 0.3) is 0 Å². The average Bonchev–Trinajstić information content (AvgIpc) is 2.51. The Labute approximate surface area is 136 Å². The zero-order valence-electron chi connectivity index (χ0n) is 11.9. The molecule has 0 unspecified atom stereocenters. The van der Waals surface area contributed by atoms with Gasteiger partial charge in [0.25, 0.3) is 0 Å². The van der Waals surface area contributed by atoms with E-state index in [1.54, 1.807) is 12.1 Å². The molecule has 6 heteroatoms. The molecule has 0 aromatic heterocycles. The predicted octanol–water partition coefficient (Wildman–Crippen LogP) is 2.86. The molecule has 2 aromatic carbocycles. The molecule has 2 N–H and O–H groups in total. The number of hydrazone groups is 1. The number of benzene rings is 2. The second-order valence-electron chi connectivity index (χ2n) is 4.53. The average molecular weight is 363 g/mol. The fraction of sp³-hybridized carbons (Fsp3) is 0.125. The first-order valence-electron chi connectivity index (χ1n) is 6.52. The molecule has 5 nitrogen and oxygen atoms in total. The number of phenolic OH excluding ortho intramolecular Hbond substituents is 1. The molecule has 114 valence electrons. The summed E-state index contributed by atoms with van der Waals surface area (Å²) in [6.07, 6.45) is 1.74. The Morgan fingerprint density at radius 1 is 1.32 bits per heavy atom. The number of rotatable bonds is 5. The summed E-state index contributed by atoms with van der Waals surface area (Å²) in [7, 11) is 1.47. The second kappa shape index (κ2) is 7.61. The van der Waals surface area contributed by atoms with E-state index >= 15 is 0 Å². The van der Waals surface area contributed by atoms with E-state index in [0.29, 0.717) is 11.3 Å². The van der Waals surface area contributed by atoms with Crippen LogP contribution >= 0.6 is 15.9 Å². The molecule has 1 amide bonds. The zero-order chi connectivity index (χ0) is 15.9. The van der Waals surface area contributed by atoms with Crippen LogP contribution < -0.4 is 10.2 Å². The van der Waals surface area contributed by atoms with Gasteiger partial charge in [0, 0.05) is 4.47 Å². The minimum absolute atomic E-state index is 0.0546. The monoisotopic (exact) mass is 362 g/mol. The minimum atomic E-state index is -0.204. The van der Waals surface area contributed by atoms with Crippen LogP contribution in [0.1, 0.15) is 11.1 Å². The fourth-order valence-electron chi connectivity index (χ4n) is 1.78. The van der Waals surface area contributed by atoms with Crippen molar-refractivity contribution in [2.45, 2.75) is 6.42 Å². The Bertz CT molecular complexity index is 684. The molecule has 0 aliphatic rings. The number of nitrogens with one attached hydrogen (secondary N) is 1. The smallest absolute Gasteiger partial charge is 0.244 e. The summed E-state index contributed by atoms with van der Waals surface area (Å²) in [6, 6.07) is 12.3. The van der Waals surface area contributed by atoms with Crippen LogP contribution in [0.15, 0.2) is 52.0 Å². The van der Waals surface area contributed by atoms with E-state index in [4.69, 9.17) is 4.74 Å². The highest BCUT2D eigenvalue weighted by molar-refractivity contribution is 9.10. The third-order valence-corrected chi connectivity index (χ3v) is 3.41. The van der Waals surface area contributed by atoms with E-state index in [1.165, 1.54) is 19.4 Å². The number of nitrogens with zero attached hydrogens (tertiary/aromatic N) is 1. The highest BCUT2D eigenvalue weighted by Gasteiger charge is 2.03. The van der Waals surface area contributed by atoms with Crippen molar-refractivity contribution >= 4 is 28.1 Å². The van der Waals surface area contributed by atoms with Gasteiger partial charge >= 0.3 is 0 Å². The first kappa shape index (κ1) is 16.0. The maximum atomic E-state index is 11.8. The van der Waals surface area contributed by atoms with Crippen LogP contribution in [0.4, 0.5) is 0 Å². The van der Waals surface area contributed by atoms with Gasteiger partial charge in [-0.15, -0.1) is 0 Å². The molecule has 0 atom stereocenters. The SMILES string of the molecule is COc1cc(C=NNC(=O)Cc2ccc(Br)cc2)ccc1O. The van der Waals surface area contributed by atoms with Crippen LogP contribution in [-0.4, -0.2) is 24.3 Å². The van der Waals surface area contributed by atoms with E-state index < -0.39 is 0 Å². The number of carbonyl (C=O) groups is 1. The standard InChI is InChI=1S/C16H15BrN2O3/c1-22-15-8-12(4-7-14(15)20)10-18-19-16(21)9-11-2-5-13(17)6-3-11/h2-8,10,20H,9H2,1H3,(H,19,21). The van der Waals surface area contributed by atoms with Crippen LogP contribution in [0.2, 0.25) is 0 Å². The van der Waals surface area contributed by atoms with Crippen molar-refractivity contribution in [3.8, 4) is 11.5 Å². The Hall–Kier alpha value is -2.34. The second-order valence-corrected chi connectivity index (χ2v) is 5.44. The highest BCUT2D eigenvalue weighted by Crippen LogP contribution is 2.25. The predicted molar refractivity (Wildman–Crippen MR) is 88.2 cm³/mol. The summed E-state index contributed by atoms with van der Waals surface area (Å²) < 4.78 is 5.97. The van der Waals surface area contributed by atoms with Crippen molar-refractivity contribution in [3.63, 3.8) is 0 Å². The molecule has 0 saturated heterocycles. The topological polar surface area (TPSA) is 70.9 Å². The molecule has 2 aromatic rings. The summed E-state index contributed by atoms with van der Waals surface area (Å²) in [4.78, 5) is 11.8. The molecule has 0 saturated carbocycles. The first-order valence-corrected chi connectivity index (χ1v) is 7.31. The third-order valence-electron chi connectivity index (χ3n) is 2.88. The molecule has 22 heavy (non-hydrogen) atoms. The highest BCUT2D eigenvalue weighted by atomic mass is 79.9. The molecule has 0 radical (unpaired) electrons. The molecule has 0 aliphatic heterocycles. The number of methoxy groups -OCH3 is 1. The van der Waals surface area contributed by atoms with Gasteiger partial charge in [0.05, 0.1) is 19.7 Å². The molecule has 0 spiro atoms. The lowest BCUT2D eigenvalue weighted by Crippen LogP contribution is -2.19. The lowest BCUT2D eigenvalue weighted by atomic mass is 10.1. The molecular weight excluding hydrogens is 348 g/mol. The Morgan fingerprint density at radius 2 is 2.05 bits per heavy atom. The number of carbonyl (C=O) groups excluding carboxylic acids is 1.